The lowest BCUT2D eigenvalue weighted by Crippen LogP contribution is -2.37. The van der Waals surface area contributed by atoms with E-state index in [-0.39, 0.29) is 48.9 Å². The number of aliphatic hydroxyl groups is 2. The number of amides is 2. The Hall–Kier alpha value is -2.52. The molecule has 0 aliphatic rings. The first-order valence-electron chi connectivity index (χ1n) is 12.0. The summed E-state index contributed by atoms with van der Waals surface area (Å²) in [6.07, 6.45) is 6.88. The van der Waals surface area contributed by atoms with Crippen molar-refractivity contribution in [1.82, 2.24) is 10.6 Å². The smallest absolute Gasteiger partial charge is 0.252 e. The van der Waals surface area contributed by atoms with Gasteiger partial charge < -0.3 is 20.8 Å². The Balaban J connectivity index is 2.19. The summed E-state index contributed by atoms with van der Waals surface area (Å²) in [5.41, 5.74) is 1.10. The third kappa shape index (κ3) is 9.17. The molecule has 6 nitrogen and oxygen atoms in total. The zero-order valence-corrected chi connectivity index (χ0v) is 22.8. The van der Waals surface area contributed by atoms with Gasteiger partial charge in [-0.15, -0.1) is 0 Å². The summed E-state index contributed by atoms with van der Waals surface area (Å²) in [4.78, 5) is 27.7. The molecule has 2 aromatic rings. The molecule has 0 aliphatic heterocycles. The van der Waals surface area contributed by atoms with Gasteiger partial charge in [-0.2, -0.15) is 0 Å². The molecule has 0 unspecified atom stereocenters. The van der Waals surface area contributed by atoms with E-state index < -0.39 is 0 Å². The molecule has 0 spiro atoms. The van der Waals surface area contributed by atoms with Crippen molar-refractivity contribution in [3.63, 3.8) is 0 Å². The Bertz CT molecular complexity index is 970. The molecule has 0 fully saturated rings. The largest absolute Gasteiger partial charge is 0.392 e. The normalized spacial score (nSPS) is 13.4. The minimum atomic E-state index is -0.200. The third-order valence-electron chi connectivity index (χ3n) is 5.41. The highest BCUT2D eigenvalue weighted by molar-refractivity contribution is 8.76. The van der Waals surface area contributed by atoms with E-state index in [1.807, 2.05) is 76.2 Å². The molecule has 0 aromatic heterocycles. The van der Waals surface area contributed by atoms with Gasteiger partial charge in [-0.25, -0.2) is 0 Å². The number of carbonyl (C=O) groups excluding carboxylic acids is 2. The van der Waals surface area contributed by atoms with Gasteiger partial charge in [0.2, 0.25) is 0 Å². The molecule has 0 radical (unpaired) electrons. The maximum absolute atomic E-state index is 13.1. The highest BCUT2D eigenvalue weighted by Crippen LogP contribution is 2.40. The standard InChI is InChI=1S/C28H36N2O4S2/c1-19(2)23(13-9-17-31)29-27(33)21-11-5-7-15-25(21)35-36-26-16-8-6-12-22(26)28(34)30-24(20(3)4)14-10-18-32/h5-16,19-20,23-24,31-32H,17-18H2,1-4H3,(H,29,33)(H,30,34)/b13-9+,14-10+/t23-,24-/m1/s1. The Kier molecular flexibility index (Phi) is 12.8. The second-order valence-electron chi connectivity index (χ2n) is 8.87. The maximum atomic E-state index is 13.1. The zero-order chi connectivity index (χ0) is 26.5. The Labute approximate surface area is 222 Å². The molecule has 0 saturated carbocycles. The minimum absolute atomic E-state index is 0.0786. The first-order valence-corrected chi connectivity index (χ1v) is 14.1. The fourth-order valence-electron chi connectivity index (χ4n) is 3.29. The van der Waals surface area contributed by atoms with Gasteiger partial charge in [0, 0.05) is 21.9 Å². The van der Waals surface area contributed by atoms with E-state index in [1.165, 1.54) is 21.6 Å². The topological polar surface area (TPSA) is 98.7 Å². The predicted molar refractivity (Wildman–Crippen MR) is 149 cm³/mol. The van der Waals surface area contributed by atoms with Crippen LogP contribution >= 0.6 is 21.6 Å². The second kappa shape index (κ2) is 15.6. The lowest BCUT2D eigenvalue weighted by Gasteiger charge is -2.20. The highest BCUT2D eigenvalue weighted by atomic mass is 33.1. The van der Waals surface area contributed by atoms with E-state index in [0.29, 0.717) is 11.1 Å². The molecule has 0 heterocycles. The Morgan fingerprint density at radius 3 is 1.42 bits per heavy atom. The molecule has 8 heteroatoms. The number of carbonyl (C=O) groups is 2. The molecule has 2 atom stereocenters. The van der Waals surface area contributed by atoms with Gasteiger partial charge in [-0.05, 0) is 36.1 Å². The van der Waals surface area contributed by atoms with Gasteiger partial charge in [0.1, 0.15) is 0 Å². The molecule has 36 heavy (non-hydrogen) atoms. The van der Waals surface area contributed by atoms with Crippen LogP contribution in [0.25, 0.3) is 0 Å². The first kappa shape index (κ1) is 29.7. The first-order chi connectivity index (χ1) is 17.3. The van der Waals surface area contributed by atoms with Crippen LogP contribution in [0, 0.1) is 11.8 Å². The van der Waals surface area contributed by atoms with Crippen molar-refractivity contribution in [3.05, 3.63) is 84.0 Å². The van der Waals surface area contributed by atoms with Gasteiger partial charge in [-0.3, -0.25) is 9.59 Å². The summed E-state index contributed by atoms with van der Waals surface area (Å²) < 4.78 is 0. The molecule has 2 aromatic carbocycles. The molecule has 4 N–H and O–H groups in total. The maximum Gasteiger partial charge on any atom is 0.252 e. The van der Waals surface area contributed by atoms with Gasteiger partial charge in [0.15, 0.2) is 0 Å². The number of hydrogen-bond acceptors (Lipinski definition) is 6. The lowest BCUT2D eigenvalue weighted by molar-refractivity contribution is 0.0925. The number of aliphatic hydroxyl groups excluding tert-OH is 2. The number of benzene rings is 2. The monoisotopic (exact) mass is 528 g/mol. The molecular weight excluding hydrogens is 492 g/mol. The van der Waals surface area contributed by atoms with Crippen LogP contribution in [0.2, 0.25) is 0 Å². The summed E-state index contributed by atoms with van der Waals surface area (Å²) in [6, 6.07) is 14.3. The lowest BCUT2D eigenvalue weighted by atomic mass is 10.0. The van der Waals surface area contributed by atoms with Crippen molar-refractivity contribution in [3.8, 4) is 0 Å². The van der Waals surface area contributed by atoms with Crippen LogP contribution in [0.3, 0.4) is 0 Å². The molecule has 0 aliphatic carbocycles. The third-order valence-corrected chi connectivity index (χ3v) is 7.90. The zero-order valence-electron chi connectivity index (χ0n) is 21.2. The summed E-state index contributed by atoms with van der Waals surface area (Å²) in [5.74, 6) is -0.0561. The fourth-order valence-corrected chi connectivity index (χ4v) is 5.65. The van der Waals surface area contributed by atoms with Crippen molar-refractivity contribution in [2.24, 2.45) is 11.8 Å². The summed E-state index contributed by atoms with van der Waals surface area (Å²) in [7, 11) is 2.85. The van der Waals surface area contributed by atoms with Crippen molar-refractivity contribution < 1.29 is 19.8 Å². The summed E-state index contributed by atoms with van der Waals surface area (Å²) >= 11 is 0. The minimum Gasteiger partial charge on any atom is -0.392 e. The second-order valence-corrected chi connectivity index (χ2v) is 11.1. The number of rotatable bonds is 13. The van der Waals surface area contributed by atoms with Crippen LogP contribution in [0.5, 0.6) is 0 Å². The Morgan fingerprint density at radius 1 is 0.722 bits per heavy atom. The average molecular weight is 529 g/mol. The molecule has 194 valence electrons. The Morgan fingerprint density at radius 2 is 1.08 bits per heavy atom. The van der Waals surface area contributed by atoms with Crippen LogP contribution in [-0.2, 0) is 0 Å². The summed E-state index contributed by atoms with van der Waals surface area (Å²) in [6.45, 7) is 7.88. The van der Waals surface area contributed by atoms with Crippen molar-refractivity contribution >= 4 is 33.4 Å². The van der Waals surface area contributed by atoms with Crippen LogP contribution in [0.1, 0.15) is 48.4 Å². The molecule has 0 saturated heterocycles. The average Bonchev–Trinajstić information content (AvgIpc) is 2.87. The number of hydrogen-bond donors (Lipinski definition) is 4. The molecule has 0 bridgehead atoms. The van der Waals surface area contributed by atoms with Crippen LogP contribution < -0.4 is 10.6 Å². The van der Waals surface area contributed by atoms with Gasteiger partial charge in [0.25, 0.3) is 11.8 Å². The predicted octanol–water partition coefficient (Wildman–Crippen LogP) is 5.09. The number of nitrogens with one attached hydrogen (secondary N) is 2. The van der Waals surface area contributed by atoms with Gasteiger partial charge in [-0.1, -0.05) is 97.9 Å². The fraction of sp³-hybridized carbons (Fsp3) is 0.357. The van der Waals surface area contributed by atoms with Crippen molar-refractivity contribution in [2.75, 3.05) is 13.2 Å². The van der Waals surface area contributed by atoms with E-state index in [9.17, 15) is 9.59 Å². The van der Waals surface area contributed by atoms with Crippen LogP contribution in [0.4, 0.5) is 0 Å². The van der Waals surface area contributed by atoms with E-state index in [0.717, 1.165) is 9.79 Å². The van der Waals surface area contributed by atoms with E-state index in [2.05, 4.69) is 10.6 Å². The highest BCUT2D eigenvalue weighted by Gasteiger charge is 2.20. The van der Waals surface area contributed by atoms with Crippen molar-refractivity contribution in [2.45, 2.75) is 49.6 Å². The summed E-state index contributed by atoms with van der Waals surface area (Å²) in [5, 5.41) is 24.3. The van der Waals surface area contributed by atoms with Gasteiger partial charge >= 0.3 is 0 Å². The molecule has 2 rings (SSSR count). The molecule has 2 amide bonds. The molecular formula is C28H36N2O4S2. The quantitative estimate of drug-likeness (QED) is 0.214. The van der Waals surface area contributed by atoms with E-state index >= 15 is 0 Å². The SMILES string of the molecule is CC(C)[C@@H](/C=C/CO)NC(=O)c1ccccc1SSc1ccccc1C(=O)N[C@H](/C=C/CO)C(C)C. The van der Waals surface area contributed by atoms with E-state index in [1.54, 1.807) is 24.3 Å². The van der Waals surface area contributed by atoms with Gasteiger partial charge in [0.05, 0.1) is 24.3 Å². The van der Waals surface area contributed by atoms with Crippen LogP contribution in [0.15, 0.2) is 82.6 Å². The van der Waals surface area contributed by atoms with Crippen LogP contribution in [-0.4, -0.2) is 47.3 Å². The van der Waals surface area contributed by atoms with E-state index in [4.69, 9.17) is 10.2 Å². The van der Waals surface area contributed by atoms with Crippen molar-refractivity contribution in [1.29, 1.82) is 0 Å².